The molecule has 7 nitrogen and oxygen atoms in total. The highest BCUT2D eigenvalue weighted by Crippen LogP contribution is 2.33. The number of hydrogen-bond acceptors (Lipinski definition) is 4. The van der Waals surface area contributed by atoms with E-state index < -0.39 is 5.60 Å². The minimum atomic E-state index is -0.548. The quantitative estimate of drug-likeness (QED) is 0.428. The molecule has 1 aromatic heterocycles. The van der Waals surface area contributed by atoms with Gasteiger partial charge in [0.05, 0.1) is 23.1 Å². The van der Waals surface area contributed by atoms with Gasteiger partial charge in [-0.25, -0.2) is 9.48 Å². The summed E-state index contributed by atoms with van der Waals surface area (Å²) >= 11 is 12.1. The SMILES string of the molecule is CC(C)(C)OC(=O)N1CCC(c2c(C(=O)Nc3ccc(Cl)cc3)cnn2-c2ccc(Cl)cc2)CC1. The maximum absolute atomic E-state index is 13.3. The van der Waals surface area contributed by atoms with Crippen molar-refractivity contribution in [2.75, 3.05) is 18.4 Å². The Morgan fingerprint density at radius 2 is 1.54 bits per heavy atom. The Morgan fingerprint density at radius 3 is 2.11 bits per heavy atom. The van der Waals surface area contributed by atoms with Gasteiger partial charge in [0.15, 0.2) is 0 Å². The zero-order valence-corrected chi connectivity index (χ0v) is 21.4. The number of nitrogens with one attached hydrogen (secondary N) is 1. The molecule has 0 saturated carbocycles. The van der Waals surface area contributed by atoms with Crippen LogP contribution >= 0.6 is 23.2 Å². The standard InChI is InChI=1S/C26H28Cl2N4O3/c1-26(2,3)35-25(34)31-14-12-17(13-15-31)23-22(24(33)30-20-8-4-18(27)5-9-20)16-29-32(23)21-10-6-19(28)7-11-21/h4-11,16-17H,12-15H2,1-3H3,(H,30,33). The minimum absolute atomic E-state index is 0.0258. The molecule has 9 heteroatoms. The first kappa shape index (κ1) is 25.1. The van der Waals surface area contributed by atoms with E-state index in [1.807, 2.05) is 32.9 Å². The number of aromatic nitrogens is 2. The second kappa shape index (κ2) is 10.3. The fourth-order valence-corrected chi connectivity index (χ4v) is 4.36. The average molecular weight is 515 g/mol. The largest absolute Gasteiger partial charge is 0.444 e. The van der Waals surface area contributed by atoms with Crippen LogP contribution in [0.25, 0.3) is 5.69 Å². The molecule has 1 aliphatic heterocycles. The first-order valence-corrected chi connectivity index (χ1v) is 12.2. The Labute approximate surface area is 215 Å². The van der Waals surface area contributed by atoms with Crippen LogP contribution in [0.1, 0.15) is 55.6 Å². The highest BCUT2D eigenvalue weighted by atomic mass is 35.5. The predicted molar refractivity (Wildman–Crippen MR) is 138 cm³/mol. The third-order valence-corrected chi connectivity index (χ3v) is 6.26. The molecule has 0 bridgehead atoms. The van der Waals surface area contributed by atoms with Gasteiger partial charge in [-0.2, -0.15) is 5.10 Å². The molecule has 0 unspecified atom stereocenters. The smallest absolute Gasteiger partial charge is 0.410 e. The number of anilines is 1. The van der Waals surface area contributed by atoms with Crippen molar-refractivity contribution >= 4 is 40.9 Å². The average Bonchev–Trinajstić information content (AvgIpc) is 3.25. The van der Waals surface area contributed by atoms with Gasteiger partial charge in [0.25, 0.3) is 5.91 Å². The van der Waals surface area contributed by atoms with Gasteiger partial charge < -0.3 is 15.0 Å². The Kier molecular flexibility index (Phi) is 7.38. The number of benzene rings is 2. The van der Waals surface area contributed by atoms with Crippen LogP contribution in [0.3, 0.4) is 0 Å². The van der Waals surface area contributed by atoms with E-state index in [1.165, 1.54) is 0 Å². The Morgan fingerprint density at radius 1 is 0.971 bits per heavy atom. The number of hydrogen-bond donors (Lipinski definition) is 1. The zero-order chi connectivity index (χ0) is 25.2. The van der Waals surface area contributed by atoms with Crippen molar-refractivity contribution in [2.45, 2.75) is 45.1 Å². The van der Waals surface area contributed by atoms with Crippen LogP contribution in [0.15, 0.2) is 54.7 Å². The number of amides is 2. The zero-order valence-electron chi connectivity index (χ0n) is 19.9. The second-order valence-corrected chi connectivity index (χ2v) is 10.4. The van der Waals surface area contributed by atoms with Crippen LogP contribution in [0.5, 0.6) is 0 Å². The summed E-state index contributed by atoms with van der Waals surface area (Å²) in [7, 11) is 0. The van der Waals surface area contributed by atoms with Gasteiger partial charge in [-0.15, -0.1) is 0 Å². The molecule has 0 aliphatic carbocycles. The lowest BCUT2D eigenvalue weighted by molar-refractivity contribution is 0.0203. The number of carbonyl (C=O) groups excluding carboxylic acids is 2. The molecule has 184 valence electrons. The number of halogens is 2. The van der Waals surface area contributed by atoms with Gasteiger partial charge in [0, 0.05) is 34.7 Å². The summed E-state index contributed by atoms with van der Waals surface area (Å²) in [6, 6.07) is 14.3. The Hall–Kier alpha value is -3.03. The number of carbonyl (C=O) groups is 2. The van der Waals surface area contributed by atoms with E-state index in [-0.39, 0.29) is 17.9 Å². The molecule has 0 radical (unpaired) electrons. The predicted octanol–water partition coefficient (Wildman–Crippen LogP) is 6.55. The van der Waals surface area contributed by atoms with E-state index in [4.69, 9.17) is 27.9 Å². The number of nitrogens with zero attached hydrogens (tertiary/aromatic N) is 3. The number of likely N-dealkylation sites (tertiary alicyclic amines) is 1. The van der Waals surface area contributed by atoms with Crippen LogP contribution in [-0.2, 0) is 4.74 Å². The summed E-state index contributed by atoms with van der Waals surface area (Å²) in [6.07, 6.45) is 2.64. The van der Waals surface area contributed by atoms with E-state index in [9.17, 15) is 9.59 Å². The molecule has 35 heavy (non-hydrogen) atoms. The van der Waals surface area contributed by atoms with Crippen molar-refractivity contribution < 1.29 is 14.3 Å². The van der Waals surface area contributed by atoms with Crippen molar-refractivity contribution in [3.05, 3.63) is 76.0 Å². The molecular formula is C26H28Cl2N4O3. The topological polar surface area (TPSA) is 76.5 Å². The van der Waals surface area contributed by atoms with Gasteiger partial charge in [0.1, 0.15) is 5.60 Å². The van der Waals surface area contributed by atoms with Crippen LogP contribution in [0, 0.1) is 0 Å². The van der Waals surface area contributed by atoms with Crippen molar-refractivity contribution in [2.24, 2.45) is 0 Å². The summed E-state index contributed by atoms with van der Waals surface area (Å²) in [5, 5.41) is 8.70. The maximum atomic E-state index is 13.3. The third-order valence-electron chi connectivity index (χ3n) is 5.76. The molecule has 1 aliphatic rings. The molecule has 0 spiro atoms. The van der Waals surface area contributed by atoms with Crippen LogP contribution in [0.4, 0.5) is 10.5 Å². The fraction of sp³-hybridized carbons (Fsp3) is 0.346. The second-order valence-electron chi connectivity index (χ2n) is 9.53. The molecule has 3 aromatic rings. The molecule has 0 atom stereocenters. The van der Waals surface area contributed by atoms with Crippen molar-refractivity contribution in [1.29, 1.82) is 0 Å². The molecule has 2 amide bonds. The molecule has 4 rings (SSSR count). The summed E-state index contributed by atoms with van der Waals surface area (Å²) < 4.78 is 7.32. The summed E-state index contributed by atoms with van der Waals surface area (Å²) in [5.41, 5.74) is 2.20. The monoisotopic (exact) mass is 514 g/mol. The van der Waals surface area contributed by atoms with Crippen LogP contribution in [-0.4, -0.2) is 45.4 Å². The number of piperidine rings is 1. The van der Waals surface area contributed by atoms with Crippen LogP contribution < -0.4 is 5.32 Å². The number of ether oxygens (including phenoxy) is 1. The van der Waals surface area contributed by atoms with Gasteiger partial charge in [-0.05, 0) is 82.1 Å². The molecule has 2 heterocycles. The lowest BCUT2D eigenvalue weighted by atomic mass is 9.90. The van der Waals surface area contributed by atoms with E-state index in [1.54, 1.807) is 52.2 Å². The maximum Gasteiger partial charge on any atom is 0.410 e. The first-order chi connectivity index (χ1) is 16.6. The Balaban J connectivity index is 1.60. The third kappa shape index (κ3) is 6.16. The van der Waals surface area contributed by atoms with E-state index in [2.05, 4.69) is 10.4 Å². The highest BCUT2D eigenvalue weighted by Gasteiger charge is 2.32. The normalized spacial score (nSPS) is 14.6. The Bertz CT molecular complexity index is 1190. The first-order valence-electron chi connectivity index (χ1n) is 11.5. The minimum Gasteiger partial charge on any atom is -0.444 e. The highest BCUT2D eigenvalue weighted by molar-refractivity contribution is 6.30. The van der Waals surface area contributed by atoms with Crippen molar-refractivity contribution in [3.8, 4) is 5.69 Å². The van der Waals surface area contributed by atoms with E-state index >= 15 is 0 Å². The lowest BCUT2D eigenvalue weighted by Gasteiger charge is -2.34. The van der Waals surface area contributed by atoms with Gasteiger partial charge >= 0.3 is 6.09 Å². The molecule has 1 N–H and O–H groups in total. The fourth-order valence-electron chi connectivity index (χ4n) is 4.11. The van der Waals surface area contributed by atoms with Crippen LogP contribution in [0.2, 0.25) is 10.0 Å². The lowest BCUT2D eigenvalue weighted by Crippen LogP contribution is -2.41. The molecule has 1 fully saturated rings. The summed E-state index contributed by atoms with van der Waals surface area (Å²) in [4.78, 5) is 27.5. The summed E-state index contributed by atoms with van der Waals surface area (Å²) in [5.74, 6) is -0.227. The van der Waals surface area contributed by atoms with Gasteiger partial charge in [-0.1, -0.05) is 23.2 Å². The molecular weight excluding hydrogens is 487 g/mol. The summed E-state index contributed by atoms with van der Waals surface area (Å²) in [6.45, 7) is 6.63. The van der Waals surface area contributed by atoms with Crippen molar-refractivity contribution in [1.82, 2.24) is 14.7 Å². The molecule has 1 saturated heterocycles. The van der Waals surface area contributed by atoms with Gasteiger partial charge in [-0.3, -0.25) is 4.79 Å². The van der Waals surface area contributed by atoms with E-state index in [0.29, 0.717) is 47.2 Å². The van der Waals surface area contributed by atoms with E-state index in [0.717, 1.165) is 11.4 Å². The molecule has 2 aromatic carbocycles. The van der Waals surface area contributed by atoms with Gasteiger partial charge in [0.2, 0.25) is 0 Å². The van der Waals surface area contributed by atoms with Crippen molar-refractivity contribution in [3.63, 3.8) is 0 Å². The number of rotatable bonds is 4.